The van der Waals surface area contributed by atoms with Gasteiger partial charge in [0.15, 0.2) is 0 Å². The molecule has 21 heavy (non-hydrogen) atoms. The monoisotopic (exact) mass is 324 g/mol. The third-order valence-electron chi connectivity index (χ3n) is 3.12. The van der Waals surface area contributed by atoms with Crippen LogP contribution in [0.5, 0.6) is 0 Å². The molecule has 1 atom stereocenters. The molecule has 2 rings (SSSR count). The predicted octanol–water partition coefficient (Wildman–Crippen LogP) is 2.94. The Balaban J connectivity index is 1.86. The van der Waals surface area contributed by atoms with Gasteiger partial charge in [-0.2, -0.15) is 0 Å². The highest BCUT2D eigenvalue weighted by molar-refractivity contribution is 7.20. The SMILES string of the molecule is CC(C)(C)C(O)CNC(=O)Cc1csc(-c2cccs2)n1. The lowest BCUT2D eigenvalue weighted by molar-refractivity contribution is -0.121. The fourth-order valence-electron chi connectivity index (χ4n) is 1.65. The van der Waals surface area contributed by atoms with Crippen LogP contribution in [0.25, 0.3) is 9.88 Å². The Morgan fingerprint density at radius 3 is 2.81 bits per heavy atom. The Kier molecular flexibility index (Phi) is 5.13. The zero-order valence-electron chi connectivity index (χ0n) is 12.4. The summed E-state index contributed by atoms with van der Waals surface area (Å²) in [6, 6.07) is 4.01. The van der Waals surface area contributed by atoms with Gasteiger partial charge in [-0.15, -0.1) is 22.7 Å². The Morgan fingerprint density at radius 1 is 1.43 bits per heavy atom. The molecule has 2 aromatic rings. The van der Waals surface area contributed by atoms with Gasteiger partial charge in [0.1, 0.15) is 5.01 Å². The highest BCUT2D eigenvalue weighted by atomic mass is 32.1. The average molecular weight is 324 g/mol. The maximum Gasteiger partial charge on any atom is 0.226 e. The number of hydrogen-bond donors (Lipinski definition) is 2. The Labute approximate surface area is 132 Å². The third-order valence-corrected chi connectivity index (χ3v) is 5.05. The summed E-state index contributed by atoms with van der Waals surface area (Å²) in [7, 11) is 0. The van der Waals surface area contributed by atoms with E-state index < -0.39 is 6.10 Å². The normalized spacial score (nSPS) is 13.1. The summed E-state index contributed by atoms with van der Waals surface area (Å²) in [4.78, 5) is 17.5. The minimum Gasteiger partial charge on any atom is -0.391 e. The molecule has 2 heterocycles. The number of carbonyl (C=O) groups excluding carboxylic acids is 1. The van der Waals surface area contributed by atoms with Crippen molar-refractivity contribution in [2.24, 2.45) is 5.41 Å². The molecule has 1 amide bonds. The topological polar surface area (TPSA) is 62.2 Å². The molecule has 2 aromatic heterocycles. The summed E-state index contributed by atoms with van der Waals surface area (Å²) < 4.78 is 0. The van der Waals surface area contributed by atoms with Crippen LogP contribution in [-0.2, 0) is 11.2 Å². The van der Waals surface area contributed by atoms with Crippen LogP contribution < -0.4 is 5.32 Å². The van der Waals surface area contributed by atoms with E-state index in [-0.39, 0.29) is 24.3 Å². The first-order valence-electron chi connectivity index (χ1n) is 6.79. The van der Waals surface area contributed by atoms with E-state index in [0.29, 0.717) is 0 Å². The van der Waals surface area contributed by atoms with Gasteiger partial charge >= 0.3 is 0 Å². The first kappa shape index (κ1) is 16.1. The van der Waals surface area contributed by atoms with Crippen molar-refractivity contribution in [2.75, 3.05) is 6.54 Å². The molecule has 0 bridgehead atoms. The Hall–Kier alpha value is -1.24. The van der Waals surface area contributed by atoms with Gasteiger partial charge in [0, 0.05) is 11.9 Å². The molecule has 0 saturated heterocycles. The summed E-state index contributed by atoms with van der Waals surface area (Å²) >= 11 is 3.19. The molecule has 0 aromatic carbocycles. The van der Waals surface area contributed by atoms with E-state index >= 15 is 0 Å². The maximum atomic E-state index is 11.9. The zero-order valence-corrected chi connectivity index (χ0v) is 14.1. The van der Waals surface area contributed by atoms with E-state index in [2.05, 4.69) is 10.3 Å². The van der Waals surface area contributed by atoms with Gasteiger partial charge in [0.25, 0.3) is 0 Å². The summed E-state index contributed by atoms with van der Waals surface area (Å²) in [5.74, 6) is -0.110. The number of thiophene rings is 1. The molecule has 0 fully saturated rings. The van der Waals surface area contributed by atoms with Crippen LogP contribution >= 0.6 is 22.7 Å². The number of aromatic nitrogens is 1. The van der Waals surface area contributed by atoms with E-state index in [1.54, 1.807) is 22.7 Å². The van der Waals surface area contributed by atoms with Crippen molar-refractivity contribution in [3.63, 3.8) is 0 Å². The van der Waals surface area contributed by atoms with Crippen LogP contribution in [-0.4, -0.2) is 28.6 Å². The zero-order chi connectivity index (χ0) is 15.5. The minimum atomic E-state index is -0.557. The van der Waals surface area contributed by atoms with E-state index in [1.807, 2.05) is 43.7 Å². The number of hydrogen-bond acceptors (Lipinski definition) is 5. The van der Waals surface area contributed by atoms with Gasteiger partial charge < -0.3 is 10.4 Å². The van der Waals surface area contributed by atoms with Crippen molar-refractivity contribution in [3.05, 3.63) is 28.6 Å². The van der Waals surface area contributed by atoms with Crippen LogP contribution in [0.3, 0.4) is 0 Å². The average Bonchev–Trinajstić information content (AvgIpc) is 3.04. The second kappa shape index (κ2) is 6.68. The highest BCUT2D eigenvalue weighted by Crippen LogP contribution is 2.27. The van der Waals surface area contributed by atoms with Crippen molar-refractivity contribution in [1.82, 2.24) is 10.3 Å². The lowest BCUT2D eigenvalue weighted by Crippen LogP contribution is -2.39. The molecular formula is C15H20N2O2S2. The predicted molar refractivity (Wildman–Crippen MR) is 87.6 cm³/mol. The molecule has 0 radical (unpaired) electrons. The number of amides is 1. The fraction of sp³-hybridized carbons (Fsp3) is 0.467. The molecule has 4 nitrogen and oxygen atoms in total. The molecule has 0 aliphatic rings. The molecule has 0 spiro atoms. The van der Waals surface area contributed by atoms with E-state index in [1.165, 1.54) is 0 Å². The lowest BCUT2D eigenvalue weighted by Gasteiger charge is -2.25. The van der Waals surface area contributed by atoms with Gasteiger partial charge in [-0.25, -0.2) is 4.98 Å². The molecule has 0 aliphatic carbocycles. The molecule has 114 valence electrons. The minimum absolute atomic E-state index is 0.110. The van der Waals surface area contributed by atoms with Gasteiger partial charge in [-0.1, -0.05) is 26.8 Å². The van der Waals surface area contributed by atoms with Crippen LogP contribution in [0, 0.1) is 5.41 Å². The summed E-state index contributed by atoms with van der Waals surface area (Å²) in [5, 5.41) is 17.5. The van der Waals surface area contributed by atoms with Crippen molar-refractivity contribution in [1.29, 1.82) is 0 Å². The number of nitrogens with zero attached hydrogens (tertiary/aromatic N) is 1. The van der Waals surface area contributed by atoms with Crippen LogP contribution in [0.2, 0.25) is 0 Å². The number of aliphatic hydroxyl groups is 1. The summed E-state index contributed by atoms with van der Waals surface area (Å²) in [5.41, 5.74) is 0.534. The van der Waals surface area contributed by atoms with Crippen LogP contribution in [0.15, 0.2) is 22.9 Å². The smallest absolute Gasteiger partial charge is 0.226 e. The molecule has 1 unspecified atom stereocenters. The van der Waals surface area contributed by atoms with E-state index in [0.717, 1.165) is 15.6 Å². The second-order valence-corrected chi connectivity index (χ2v) is 7.79. The van der Waals surface area contributed by atoms with Crippen molar-refractivity contribution in [2.45, 2.75) is 33.3 Å². The first-order chi connectivity index (χ1) is 9.86. The molecular weight excluding hydrogens is 304 g/mol. The van der Waals surface area contributed by atoms with Gasteiger partial charge in [0.05, 0.1) is 23.1 Å². The first-order valence-corrected chi connectivity index (χ1v) is 8.55. The Morgan fingerprint density at radius 2 is 2.19 bits per heavy atom. The van der Waals surface area contributed by atoms with E-state index in [4.69, 9.17) is 0 Å². The fourth-order valence-corrected chi connectivity index (χ4v) is 3.28. The van der Waals surface area contributed by atoms with Crippen LogP contribution in [0.4, 0.5) is 0 Å². The molecule has 0 aliphatic heterocycles. The second-order valence-electron chi connectivity index (χ2n) is 5.98. The van der Waals surface area contributed by atoms with E-state index in [9.17, 15) is 9.90 Å². The highest BCUT2D eigenvalue weighted by Gasteiger charge is 2.22. The summed E-state index contributed by atoms with van der Waals surface area (Å²) in [6.45, 7) is 6.09. The van der Waals surface area contributed by atoms with Crippen molar-refractivity contribution >= 4 is 28.6 Å². The Bertz CT molecular complexity index is 585. The van der Waals surface area contributed by atoms with Gasteiger partial charge in [0.2, 0.25) is 5.91 Å². The largest absolute Gasteiger partial charge is 0.391 e. The molecule has 0 saturated carbocycles. The van der Waals surface area contributed by atoms with Crippen LogP contribution in [0.1, 0.15) is 26.5 Å². The number of thiazole rings is 1. The number of aliphatic hydroxyl groups excluding tert-OH is 1. The molecule has 2 N–H and O–H groups in total. The van der Waals surface area contributed by atoms with Crippen molar-refractivity contribution < 1.29 is 9.90 Å². The quantitative estimate of drug-likeness (QED) is 0.889. The number of nitrogens with one attached hydrogen (secondary N) is 1. The van der Waals surface area contributed by atoms with Gasteiger partial charge in [-0.05, 0) is 16.9 Å². The molecule has 6 heteroatoms. The number of carbonyl (C=O) groups is 1. The maximum absolute atomic E-state index is 11.9. The van der Waals surface area contributed by atoms with Gasteiger partial charge in [-0.3, -0.25) is 4.79 Å². The standard InChI is InChI=1S/C15H20N2O2S2/c1-15(2,3)12(18)8-16-13(19)7-10-9-21-14(17-10)11-5-4-6-20-11/h4-6,9,12,18H,7-8H2,1-3H3,(H,16,19). The lowest BCUT2D eigenvalue weighted by atomic mass is 9.89. The van der Waals surface area contributed by atoms with Crippen molar-refractivity contribution in [3.8, 4) is 9.88 Å². The number of rotatable bonds is 5. The summed E-state index contributed by atoms with van der Waals surface area (Å²) in [6.07, 6.45) is -0.308. The third kappa shape index (κ3) is 4.62.